The third-order valence-electron chi connectivity index (χ3n) is 6.20. The van der Waals surface area contributed by atoms with Crippen molar-refractivity contribution in [1.29, 1.82) is 0 Å². The van der Waals surface area contributed by atoms with E-state index >= 15 is 0 Å². The molecule has 1 amide bonds. The molecule has 11 heteroatoms. The van der Waals surface area contributed by atoms with Crippen LogP contribution in [0.2, 0.25) is 5.02 Å². The molecule has 212 valence electrons. The van der Waals surface area contributed by atoms with E-state index < -0.39 is 0 Å². The molecule has 40 heavy (non-hydrogen) atoms. The predicted octanol–water partition coefficient (Wildman–Crippen LogP) is 5.31. The van der Waals surface area contributed by atoms with Crippen LogP contribution in [0.15, 0.2) is 60.7 Å². The highest BCUT2D eigenvalue weighted by molar-refractivity contribution is 8.00. The molecule has 0 aromatic heterocycles. The van der Waals surface area contributed by atoms with Gasteiger partial charge in [0.05, 0.1) is 47.3 Å². The monoisotopic (exact) mass is 585 g/mol. The average Bonchev–Trinajstić information content (AvgIpc) is 2.99. The fraction of sp³-hybridized carbons (Fsp3) is 0.276. The molecule has 3 N–H and O–H groups in total. The summed E-state index contributed by atoms with van der Waals surface area (Å²) in [5.41, 5.74) is 3.01. The minimum Gasteiger partial charge on any atom is -0.493 e. The summed E-state index contributed by atoms with van der Waals surface area (Å²) in [7, 11) is 7.93. The van der Waals surface area contributed by atoms with Crippen molar-refractivity contribution in [1.82, 2.24) is 10.6 Å². The smallest absolute Gasteiger partial charge is 0.234 e. The number of anilines is 1. The van der Waals surface area contributed by atoms with E-state index in [0.717, 1.165) is 16.8 Å². The minimum atomic E-state index is -0.312. The van der Waals surface area contributed by atoms with Crippen LogP contribution in [0.3, 0.4) is 0 Å². The van der Waals surface area contributed by atoms with Crippen LogP contribution in [0.5, 0.6) is 28.7 Å². The Bertz CT molecular complexity index is 1340. The zero-order chi connectivity index (χ0) is 28.6. The molecule has 2 unspecified atom stereocenters. The lowest BCUT2D eigenvalue weighted by Gasteiger charge is -2.32. The highest BCUT2D eigenvalue weighted by Crippen LogP contribution is 2.41. The summed E-state index contributed by atoms with van der Waals surface area (Å²) in [6.07, 6.45) is 2.06. The Labute approximate surface area is 243 Å². The van der Waals surface area contributed by atoms with Crippen LogP contribution in [0.4, 0.5) is 5.69 Å². The molecular weight excluding hydrogens is 554 g/mol. The van der Waals surface area contributed by atoms with Crippen LogP contribution in [0.1, 0.15) is 17.2 Å². The summed E-state index contributed by atoms with van der Waals surface area (Å²) in [4.78, 5) is 12.7. The molecule has 0 saturated heterocycles. The van der Waals surface area contributed by atoms with Crippen molar-refractivity contribution in [3.8, 4) is 28.7 Å². The number of carbonyl (C=O) groups excluding carboxylic acids is 1. The maximum atomic E-state index is 12.7. The molecule has 3 aromatic carbocycles. The van der Waals surface area contributed by atoms with E-state index in [9.17, 15) is 4.79 Å². The molecule has 0 saturated carbocycles. The van der Waals surface area contributed by atoms with Gasteiger partial charge in [0.15, 0.2) is 23.0 Å². The number of thioether (sulfide) groups is 1. The molecule has 0 spiro atoms. The number of hydrogen-bond acceptors (Lipinski definition) is 9. The number of ether oxygens (including phenoxy) is 5. The van der Waals surface area contributed by atoms with Gasteiger partial charge in [-0.1, -0.05) is 11.6 Å². The van der Waals surface area contributed by atoms with Gasteiger partial charge in [-0.3, -0.25) is 10.1 Å². The Hall–Kier alpha value is -3.73. The second kappa shape index (κ2) is 13.6. The van der Waals surface area contributed by atoms with Crippen molar-refractivity contribution in [2.75, 3.05) is 46.6 Å². The van der Waals surface area contributed by atoms with Crippen molar-refractivity contribution < 1.29 is 28.5 Å². The molecule has 1 aliphatic rings. The number of nitrogens with one attached hydrogen (secondary N) is 3. The Morgan fingerprint density at radius 3 is 2.10 bits per heavy atom. The summed E-state index contributed by atoms with van der Waals surface area (Å²) in [6.45, 7) is 0. The van der Waals surface area contributed by atoms with Crippen LogP contribution in [-0.2, 0) is 4.79 Å². The summed E-state index contributed by atoms with van der Waals surface area (Å²) < 4.78 is 27.6. The molecule has 1 heterocycles. The van der Waals surface area contributed by atoms with E-state index in [-0.39, 0.29) is 23.2 Å². The summed E-state index contributed by atoms with van der Waals surface area (Å²) >= 11 is 7.38. The highest BCUT2D eigenvalue weighted by Gasteiger charge is 2.26. The lowest BCUT2D eigenvalue weighted by atomic mass is 10.0. The molecule has 0 radical (unpaired) electrons. The average molecular weight is 586 g/mol. The van der Waals surface area contributed by atoms with Crippen molar-refractivity contribution in [2.45, 2.75) is 11.5 Å². The minimum absolute atomic E-state index is 0.137. The first-order valence-corrected chi connectivity index (χ1v) is 13.8. The van der Waals surface area contributed by atoms with E-state index in [1.807, 2.05) is 30.3 Å². The second-order valence-corrected chi connectivity index (χ2v) is 10.2. The molecule has 4 rings (SSSR count). The van der Waals surface area contributed by atoms with Gasteiger partial charge in [-0.15, -0.1) is 11.8 Å². The number of methoxy groups -OCH3 is 5. The fourth-order valence-electron chi connectivity index (χ4n) is 4.24. The van der Waals surface area contributed by atoms with Gasteiger partial charge in [0, 0.05) is 22.0 Å². The first-order chi connectivity index (χ1) is 19.4. The number of hydrogen-bond donors (Lipinski definition) is 3. The first-order valence-electron chi connectivity index (χ1n) is 12.3. The number of rotatable bonds is 11. The van der Waals surface area contributed by atoms with E-state index in [1.165, 1.54) is 11.8 Å². The normalized spacial score (nSPS) is 16.3. The molecule has 0 fully saturated rings. The SMILES string of the molecule is COc1ccc(C2=CC(c3cc(OC)c(OC)c(OC)c3)NC(SCC(=O)Nc3ccc(Cl)cc3)N2)cc1OC. The Morgan fingerprint density at radius 1 is 0.850 bits per heavy atom. The van der Waals surface area contributed by atoms with Gasteiger partial charge in [-0.25, -0.2) is 0 Å². The zero-order valence-electron chi connectivity index (χ0n) is 22.9. The number of benzene rings is 3. The molecular formula is C29H32ClN3O6S. The van der Waals surface area contributed by atoms with Crippen LogP contribution in [0, 0.1) is 0 Å². The predicted molar refractivity (Wildman–Crippen MR) is 159 cm³/mol. The van der Waals surface area contributed by atoms with Gasteiger partial charge in [-0.2, -0.15) is 0 Å². The maximum absolute atomic E-state index is 12.7. The lowest BCUT2D eigenvalue weighted by Crippen LogP contribution is -2.45. The number of halogens is 1. The van der Waals surface area contributed by atoms with Gasteiger partial charge in [-0.05, 0) is 66.2 Å². The standard InChI is InChI=1S/C29H32ClN3O6S/c1-35-23-11-6-17(12-24(23)36-2)21-15-22(18-13-25(37-3)28(39-5)26(14-18)38-4)33-29(32-21)40-16-27(34)31-20-9-7-19(30)8-10-20/h6-15,22,29,32-33H,16H2,1-5H3,(H,31,34). The molecule has 0 bridgehead atoms. The van der Waals surface area contributed by atoms with Gasteiger partial charge in [0.1, 0.15) is 5.50 Å². The summed E-state index contributed by atoms with van der Waals surface area (Å²) in [5, 5.41) is 10.6. The third kappa shape index (κ3) is 6.88. The van der Waals surface area contributed by atoms with Gasteiger partial charge in [0.25, 0.3) is 0 Å². The van der Waals surface area contributed by atoms with E-state index in [4.69, 9.17) is 35.3 Å². The van der Waals surface area contributed by atoms with Gasteiger partial charge >= 0.3 is 0 Å². The number of amides is 1. The molecule has 0 aliphatic carbocycles. The summed E-state index contributed by atoms with van der Waals surface area (Å²) in [6, 6.07) is 16.3. The molecule has 2 atom stereocenters. The van der Waals surface area contributed by atoms with Crippen molar-refractivity contribution >= 4 is 40.7 Å². The Kier molecular flexibility index (Phi) is 9.92. The Balaban J connectivity index is 1.62. The molecule has 1 aliphatic heterocycles. The van der Waals surface area contributed by atoms with Gasteiger partial charge in [0.2, 0.25) is 11.7 Å². The van der Waals surface area contributed by atoms with E-state index in [2.05, 4.69) is 22.0 Å². The van der Waals surface area contributed by atoms with E-state index in [1.54, 1.807) is 59.8 Å². The van der Waals surface area contributed by atoms with Crippen LogP contribution < -0.4 is 39.6 Å². The largest absolute Gasteiger partial charge is 0.493 e. The summed E-state index contributed by atoms with van der Waals surface area (Å²) in [5.74, 6) is 2.91. The highest BCUT2D eigenvalue weighted by atomic mass is 35.5. The van der Waals surface area contributed by atoms with Crippen LogP contribution >= 0.6 is 23.4 Å². The lowest BCUT2D eigenvalue weighted by molar-refractivity contribution is -0.113. The number of carbonyl (C=O) groups is 1. The van der Waals surface area contributed by atoms with Crippen LogP contribution in [-0.4, -0.2) is 52.7 Å². The second-order valence-electron chi connectivity index (χ2n) is 8.64. The molecule has 9 nitrogen and oxygen atoms in total. The topological polar surface area (TPSA) is 99.3 Å². The Morgan fingerprint density at radius 2 is 1.50 bits per heavy atom. The third-order valence-corrected chi connectivity index (χ3v) is 7.47. The van der Waals surface area contributed by atoms with E-state index in [0.29, 0.717) is 39.5 Å². The van der Waals surface area contributed by atoms with Crippen molar-refractivity contribution in [2.24, 2.45) is 0 Å². The maximum Gasteiger partial charge on any atom is 0.234 e. The molecule has 3 aromatic rings. The first kappa shape index (κ1) is 29.3. The van der Waals surface area contributed by atoms with Crippen molar-refractivity contribution in [3.63, 3.8) is 0 Å². The fourth-order valence-corrected chi connectivity index (χ4v) is 5.21. The van der Waals surface area contributed by atoms with Crippen LogP contribution in [0.25, 0.3) is 5.70 Å². The zero-order valence-corrected chi connectivity index (χ0v) is 24.4. The van der Waals surface area contributed by atoms with Gasteiger partial charge < -0.3 is 34.3 Å². The quantitative estimate of drug-likeness (QED) is 0.276. The van der Waals surface area contributed by atoms with Crippen molar-refractivity contribution in [3.05, 3.63) is 76.8 Å².